The number of rotatable bonds is 3. The Kier molecular flexibility index (Phi) is 3.38. The highest BCUT2D eigenvalue weighted by Crippen LogP contribution is 1.80. The molecule has 5 heteroatoms. The Morgan fingerprint density at radius 1 is 1.70 bits per heavy atom. The van der Waals surface area contributed by atoms with Crippen LogP contribution in [-0.2, 0) is 9.59 Å². The predicted molar refractivity (Wildman–Crippen MR) is 31.2 cm³/mol. The zero-order chi connectivity index (χ0) is 8.15. The molecule has 0 saturated heterocycles. The fourth-order valence-corrected chi connectivity index (χ4v) is 0.342. The molecule has 0 unspecified atom stereocenters. The summed E-state index contributed by atoms with van der Waals surface area (Å²) in [5.74, 6) is -2.09. The van der Waals surface area contributed by atoms with E-state index in [1.807, 2.05) is 5.32 Å². The maximum absolute atomic E-state index is 11.4. The van der Waals surface area contributed by atoms with Gasteiger partial charge >= 0.3 is 5.97 Å². The summed E-state index contributed by atoms with van der Waals surface area (Å²) in [5.41, 5.74) is 0. The summed E-state index contributed by atoms with van der Waals surface area (Å²) in [6.45, 7) is 0.0769. The Labute approximate surface area is 57.0 Å². The van der Waals surface area contributed by atoms with Crippen molar-refractivity contribution in [3.63, 3.8) is 0 Å². The van der Waals surface area contributed by atoms with Gasteiger partial charge in [-0.3, -0.25) is 9.59 Å². The molecule has 0 aromatic rings. The molecule has 0 aliphatic rings. The topological polar surface area (TPSA) is 66.4 Å². The number of nitrogens with one attached hydrogen (secondary N) is 1. The van der Waals surface area contributed by atoms with Gasteiger partial charge in [0.2, 0.25) is 0 Å². The second-order valence-corrected chi connectivity index (χ2v) is 1.76. The summed E-state index contributed by atoms with van der Waals surface area (Å²) in [7, 11) is 0. The maximum Gasteiger partial charge on any atom is 0.325 e. The van der Waals surface area contributed by atoms with Gasteiger partial charge in [0, 0.05) is 0 Å². The van der Waals surface area contributed by atoms with Crippen LogP contribution in [0.3, 0.4) is 0 Å². The SMILES string of the molecule is C[C@H](NC(=O)CF)C(=O)O. The average molecular weight is 149 g/mol. The van der Waals surface area contributed by atoms with Crippen LogP contribution in [0.5, 0.6) is 0 Å². The maximum atomic E-state index is 11.4. The molecule has 1 amide bonds. The number of carboxylic acid groups (broad SMARTS) is 1. The lowest BCUT2D eigenvalue weighted by molar-refractivity contribution is -0.141. The van der Waals surface area contributed by atoms with Crippen molar-refractivity contribution in [3.8, 4) is 0 Å². The van der Waals surface area contributed by atoms with Crippen LogP contribution in [-0.4, -0.2) is 29.7 Å². The first kappa shape index (κ1) is 8.87. The number of carboxylic acids is 1. The van der Waals surface area contributed by atoms with Crippen LogP contribution in [0.2, 0.25) is 0 Å². The summed E-state index contributed by atoms with van der Waals surface area (Å²) >= 11 is 0. The average Bonchev–Trinajstić information content (AvgIpc) is 1.87. The Hall–Kier alpha value is -1.13. The molecule has 58 valence electrons. The van der Waals surface area contributed by atoms with E-state index in [2.05, 4.69) is 0 Å². The highest BCUT2D eigenvalue weighted by atomic mass is 19.1. The molecular weight excluding hydrogens is 141 g/mol. The smallest absolute Gasteiger partial charge is 0.325 e. The molecule has 0 bridgehead atoms. The van der Waals surface area contributed by atoms with Gasteiger partial charge in [0.05, 0.1) is 0 Å². The minimum absolute atomic E-state index is 0.908. The highest BCUT2D eigenvalue weighted by Gasteiger charge is 2.12. The third kappa shape index (κ3) is 3.01. The summed E-state index contributed by atoms with van der Waals surface area (Å²) < 4.78 is 11.4. The molecule has 10 heavy (non-hydrogen) atoms. The van der Waals surface area contributed by atoms with Crippen molar-refractivity contribution < 1.29 is 19.1 Å². The van der Waals surface area contributed by atoms with Crippen LogP contribution in [0.1, 0.15) is 6.92 Å². The molecule has 0 saturated carbocycles. The van der Waals surface area contributed by atoms with E-state index < -0.39 is 24.6 Å². The lowest BCUT2D eigenvalue weighted by Crippen LogP contribution is -2.39. The Bertz CT molecular complexity index is 148. The van der Waals surface area contributed by atoms with E-state index in [-0.39, 0.29) is 0 Å². The third-order valence-corrected chi connectivity index (χ3v) is 0.869. The van der Waals surface area contributed by atoms with E-state index in [1.54, 1.807) is 0 Å². The van der Waals surface area contributed by atoms with Crippen molar-refractivity contribution in [1.82, 2.24) is 5.32 Å². The van der Waals surface area contributed by atoms with Crippen molar-refractivity contribution >= 4 is 11.9 Å². The summed E-state index contributed by atoms with van der Waals surface area (Å²) in [6, 6.07) is -1.02. The van der Waals surface area contributed by atoms with Gasteiger partial charge in [-0.15, -0.1) is 0 Å². The summed E-state index contributed by atoms with van der Waals surface area (Å²) in [5, 5.41) is 10.1. The molecule has 0 aliphatic carbocycles. The molecule has 0 aromatic heterocycles. The zero-order valence-corrected chi connectivity index (χ0v) is 5.43. The van der Waals surface area contributed by atoms with E-state index in [1.165, 1.54) is 6.92 Å². The second kappa shape index (κ2) is 3.81. The van der Waals surface area contributed by atoms with E-state index in [9.17, 15) is 14.0 Å². The van der Waals surface area contributed by atoms with E-state index in [0.717, 1.165) is 0 Å². The summed E-state index contributed by atoms with van der Waals surface area (Å²) in [6.07, 6.45) is 0. The van der Waals surface area contributed by atoms with E-state index in [0.29, 0.717) is 0 Å². The predicted octanol–water partition coefficient (Wildman–Crippen LogP) is -0.455. The van der Waals surface area contributed by atoms with Gasteiger partial charge in [-0.1, -0.05) is 0 Å². The molecule has 0 spiro atoms. The fourth-order valence-electron chi connectivity index (χ4n) is 0.342. The lowest BCUT2D eigenvalue weighted by Gasteiger charge is -2.05. The molecule has 0 rings (SSSR count). The number of halogens is 1. The first-order valence-corrected chi connectivity index (χ1v) is 2.66. The Morgan fingerprint density at radius 2 is 2.20 bits per heavy atom. The normalized spacial score (nSPS) is 12.2. The first-order valence-electron chi connectivity index (χ1n) is 2.66. The molecule has 0 fully saturated rings. The number of hydrogen-bond donors (Lipinski definition) is 2. The number of amides is 1. The Balaban J connectivity index is 3.68. The van der Waals surface area contributed by atoms with Gasteiger partial charge < -0.3 is 10.4 Å². The van der Waals surface area contributed by atoms with E-state index in [4.69, 9.17) is 5.11 Å². The Morgan fingerprint density at radius 3 is 2.50 bits per heavy atom. The molecule has 0 aliphatic heterocycles. The van der Waals surface area contributed by atoms with Gasteiger partial charge in [-0.25, -0.2) is 4.39 Å². The van der Waals surface area contributed by atoms with Crippen LogP contribution < -0.4 is 5.32 Å². The van der Waals surface area contributed by atoms with Gasteiger partial charge in [0.1, 0.15) is 6.04 Å². The lowest BCUT2D eigenvalue weighted by atomic mass is 10.3. The minimum atomic E-state index is -1.18. The second-order valence-electron chi connectivity index (χ2n) is 1.76. The van der Waals surface area contributed by atoms with Crippen molar-refractivity contribution in [2.75, 3.05) is 6.67 Å². The fraction of sp³-hybridized carbons (Fsp3) is 0.600. The molecule has 0 aromatic carbocycles. The number of alkyl halides is 1. The van der Waals surface area contributed by atoms with E-state index >= 15 is 0 Å². The first-order chi connectivity index (χ1) is 4.57. The van der Waals surface area contributed by atoms with Crippen molar-refractivity contribution in [2.45, 2.75) is 13.0 Å². The van der Waals surface area contributed by atoms with Crippen molar-refractivity contribution in [1.29, 1.82) is 0 Å². The van der Waals surface area contributed by atoms with Crippen LogP contribution in [0, 0.1) is 0 Å². The minimum Gasteiger partial charge on any atom is -0.480 e. The molecule has 4 nitrogen and oxygen atoms in total. The monoisotopic (exact) mass is 149 g/mol. The molecular formula is C5H8FNO3. The number of aliphatic carboxylic acids is 1. The van der Waals surface area contributed by atoms with Gasteiger partial charge in [0.25, 0.3) is 5.91 Å². The van der Waals surface area contributed by atoms with Gasteiger partial charge in [-0.05, 0) is 6.92 Å². The standard InChI is InChI=1S/C5H8FNO3/c1-3(5(9)10)7-4(8)2-6/h3H,2H2,1H3,(H,7,8)(H,9,10)/t3-/m0/s1. The molecule has 0 radical (unpaired) electrons. The van der Waals surface area contributed by atoms with Crippen molar-refractivity contribution in [2.24, 2.45) is 0 Å². The van der Waals surface area contributed by atoms with Crippen LogP contribution in [0.15, 0.2) is 0 Å². The van der Waals surface area contributed by atoms with Gasteiger partial charge in [0.15, 0.2) is 6.67 Å². The highest BCUT2D eigenvalue weighted by molar-refractivity contribution is 5.83. The van der Waals surface area contributed by atoms with Crippen LogP contribution >= 0.6 is 0 Å². The van der Waals surface area contributed by atoms with Crippen LogP contribution in [0.25, 0.3) is 0 Å². The van der Waals surface area contributed by atoms with Crippen molar-refractivity contribution in [3.05, 3.63) is 0 Å². The largest absolute Gasteiger partial charge is 0.480 e. The zero-order valence-electron chi connectivity index (χ0n) is 5.43. The summed E-state index contributed by atoms with van der Waals surface area (Å²) in [4.78, 5) is 20.2. The molecule has 1 atom stereocenters. The number of carbonyl (C=O) groups is 2. The third-order valence-electron chi connectivity index (χ3n) is 0.869. The quantitative estimate of drug-likeness (QED) is 0.570. The van der Waals surface area contributed by atoms with Gasteiger partial charge in [-0.2, -0.15) is 0 Å². The number of hydrogen-bond acceptors (Lipinski definition) is 2. The molecule has 2 N–H and O–H groups in total. The molecule has 0 heterocycles. The number of carbonyl (C=O) groups excluding carboxylic acids is 1. The van der Waals surface area contributed by atoms with Crippen LogP contribution in [0.4, 0.5) is 4.39 Å².